The summed E-state index contributed by atoms with van der Waals surface area (Å²) in [6, 6.07) is 9.91. The highest BCUT2D eigenvalue weighted by Crippen LogP contribution is 2.45. The first-order valence-electron chi connectivity index (χ1n) is 25.4. The number of halogens is 2. The Hall–Kier alpha value is -7.56. The van der Waals surface area contributed by atoms with Crippen LogP contribution in [0.15, 0.2) is 60.8 Å². The van der Waals surface area contributed by atoms with E-state index in [1.54, 1.807) is 12.1 Å². The van der Waals surface area contributed by atoms with Crippen molar-refractivity contribution < 1.29 is 47.3 Å². The largest absolute Gasteiger partial charge is 0.508 e. The van der Waals surface area contributed by atoms with Crippen molar-refractivity contribution >= 4 is 57.2 Å². The van der Waals surface area contributed by atoms with Gasteiger partial charge in [-0.15, -0.1) is 6.42 Å². The number of aromatic hydroxyl groups is 1. The molecule has 5 atom stereocenters. The summed E-state index contributed by atoms with van der Waals surface area (Å²) < 4.78 is 44.6. The molecule has 2 aromatic heterocycles. The summed E-state index contributed by atoms with van der Waals surface area (Å²) in [5, 5.41) is 20.5. The number of piperidine rings is 1. The first kappa shape index (κ1) is 48.7. The summed E-state index contributed by atoms with van der Waals surface area (Å²) in [5.41, 5.74) is 1.65. The first-order chi connectivity index (χ1) is 35.8. The first-order valence-corrected chi connectivity index (χ1v) is 25.4. The number of carbonyl (C=O) groups excluding carboxylic acids is 5. The van der Waals surface area contributed by atoms with Crippen LogP contribution in [0.4, 0.5) is 19.4 Å². The van der Waals surface area contributed by atoms with Crippen molar-refractivity contribution in [2.45, 2.75) is 107 Å². The minimum absolute atomic E-state index is 0.0231. The highest BCUT2D eigenvalue weighted by molar-refractivity contribution is 6.24. The Morgan fingerprint density at radius 3 is 2.59 bits per heavy atom. The quantitative estimate of drug-likeness (QED) is 0.0398. The number of aryl methyl sites for hydroxylation is 1. The Balaban J connectivity index is 0.715. The van der Waals surface area contributed by atoms with Gasteiger partial charge in [-0.3, -0.25) is 39.3 Å². The summed E-state index contributed by atoms with van der Waals surface area (Å²) in [5.74, 6) is -0.868. The van der Waals surface area contributed by atoms with Crippen LogP contribution in [-0.2, 0) is 20.7 Å². The number of ether oxygens (including phenoxy) is 2. The zero-order valence-corrected chi connectivity index (χ0v) is 40.7. The predicted octanol–water partition coefficient (Wildman–Crippen LogP) is 6.22. The molecule has 74 heavy (non-hydrogen) atoms. The molecule has 11 rings (SSSR count). The average Bonchev–Trinajstić information content (AvgIpc) is 4.09. The van der Waals surface area contributed by atoms with E-state index in [4.69, 9.17) is 20.9 Å². The second-order valence-electron chi connectivity index (χ2n) is 20.5. The van der Waals surface area contributed by atoms with E-state index in [9.17, 15) is 29.1 Å². The van der Waals surface area contributed by atoms with Gasteiger partial charge in [0.25, 0.3) is 11.8 Å². The summed E-state index contributed by atoms with van der Waals surface area (Å²) >= 11 is 0. The lowest BCUT2D eigenvalue weighted by atomic mass is 9.94. The number of nitrogens with zero attached hydrogens (tertiary/aromatic N) is 6. The maximum atomic E-state index is 17.2. The van der Waals surface area contributed by atoms with Crippen LogP contribution in [0.2, 0.25) is 0 Å². The van der Waals surface area contributed by atoms with Crippen LogP contribution < -0.4 is 25.6 Å². The van der Waals surface area contributed by atoms with Gasteiger partial charge in [0.05, 0.1) is 27.6 Å². The number of carbonyl (C=O) groups is 5. The van der Waals surface area contributed by atoms with E-state index in [0.717, 1.165) is 61.0 Å². The van der Waals surface area contributed by atoms with E-state index >= 15 is 8.78 Å². The molecule has 382 valence electrons. The normalized spacial score (nSPS) is 23.4. The average molecular weight is 1010 g/mol. The third kappa shape index (κ3) is 8.93. The van der Waals surface area contributed by atoms with Crippen molar-refractivity contribution in [3.05, 3.63) is 94.7 Å². The van der Waals surface area contributed by atoms with E-state index in [1.165, 1.54) is 30.5 Å². The lowest BCUT2D eigenvalue weighted by Crippen LogP contribution is -2.54. The Morgan fingerprint density at radius 2 is 1.80 bits per heavy atom. The molecule has 0 saturated carbocycles. The van der Waals surface area contributed by atoms with Crippen LogP contribution in [-0.4, -0.2) is 129 Å². The number of phenols is 1. The molecule has 5 saturated heterocycles. The Bertz CT molecular complexity index is 3220. The monoisotopic (exact) mass is 1010 g/mol. The SMILES string of the molecule is C#Cc1c(F)ccc2cc(O)cc(-c3ncc4c(N5CC6CCC(C5)N6)nc(OC[C@@]56CC[C@@H](COC(=O)NCCCCCCc7cccc8c7C(=O)N(C7CCC(=O)NC7=O)C8=O)N5CC(=C)C6)nc4c3F)c12. The molecule has 0 aliphatic carbocycles. The number of amides is 5. The number of terminal acetylenes is 1. The molecule has 19 heteroatoms. The van der Waals surface area contributed by atoms with Crippen molar-refractivity contribution in [1.82, 2.24) is 40.7 Å². The van der Waals surface area contributed by atoms with Gasteiger partial charge in [-0.2, -0.15) is 9.97 Å². The van der Waals surface area contributed by atoms with E-state index < -0.39 is 52.9 Å². The molecule has 3 aromatic carbocycles. The number of rotatable bonds is 15. The lowest BCUT2D eigenvalue weighted by molar-refractivity contribution is -0.136. The fourth-order valence-corrected chi connectivity index (χ4v) is 12.2. The number of alkyl carbamates (subject to hydrolysis) is 1. The molecule has 6 aliphatic heterocycles. The number of piperazine rings is 1. The van der Waals surface area contributed by atoms with Crippen LogP contribution in [0.25, 0.3) is 32.9 Å². The van der Waals surface area contributed by atoms with Gasteiger partial charge >= 0.3 is 12.1 Å². The van der Waals surface area contributed by atoms with Crippen molar-refractivity contribution in [3.8, 4) is 35.4 Å². The summed E-state index contributed by atoms with van der Waals surface area (Å²) in [4.78, 5) is 83.3. The summed E-state index contributed by atoms with van der Waals surface area (Å²) in [6.07, 6.45) is 14.6. The van der Waals surface area contributed by atoms with Gasteiger partial charge in [0, 0.05) is 67.9 Å². The molecule has 4 N–H and O–H groups in total. The number of hydrogen-bond donors (Lipinski definition) is 4. The third-order valence-corrected chi connectivity index (χ3v) is 15.7. The van der Waals surface area contributed by atoms with Gasteiger partial charge in [0.15, 0.2) is 5.82 Å². The lowest BCUT2D eigenvalue weighted by Gasteiger charge is -2.35. The standard InChI is InChI=1S/C55H55F2N9O8/c1-3-37-41(56)15-12-32-21-36(67)22-39(44(32)37)47-46(57)48-40(24-59-47)49(64-26-33-13-14-34(27-64)60-33)63-53(62-48)74-29-55-19-18-35(65(55)25-30(2)23-55)28-73-54(72)58-20-7-5-4-6-9-31-10-8-11-38-45(31)52(71)66(51(38)70)42-16-17-43(68)61-50(42)69/h1,8,10-12,15,21-22,24,33-35,42,60,67H,2,4-7,9,13-14,16-20,23,25-29H2,(H,58,72)(H,61,68,69)/t33?,34?,35-,42?,55-/m0/s1. The maximum Gasteiger partial charge on any atom is 0.407 e. The van der Waals surface area contributed by atoms with Crippen LogP contribution in [0.5, 0.6) is 11.8 Å². The van der Waals surface area contributed by atoms with Crippen molar-refractivity contribution in [2.24, 2.45) is 0 Å². The fraction of sp³-hybridized carbons (Fsp3) is 0.418. The van der Waals surface area contributed by atoms with E-state index in [1.807, 2.05) is 6.07 Å². The van der Waals surface area contributed by atoms with Crippen LogP contribution >= 0.6 is 0 Å². The second kappa shape index (κ2) is 19.7. The smallest absolute Gasteiger partial charge is 0.407 e. The number of imide groups is 2. The highest BCUT2D eigenvalue weighted by Gasteiger charge is 2.52. The fourth-order valence-electron chi connectivity index (χ4n) is 12.2. The molecule has 3 unspecified atom stereocenters. The van der Waals surface area contributed by atoms with Gasteiger partial charge in [0.1, 0.15) is 47.9 Å². The van der Waals surface area contributed by atoms with Crippen molar-refractivity contribution in [1.29, 1.82) is 0 Å². The number of fused-ring (bicyclic) bond motifs is 6. The number of nitrogens with one attached hydrogen (secondary N) is 3. The molecule has 5 amide bonds. The Morgan fingerprint density at radius 1 is 0.986 bits per heavy atom. The topological polar surface area (TPSA) is 209 Å². The molecule has 8 heterocycles. The molecule has 6 aliphatic rings. The van der Waals surface area contributed by atoms with E-state index in [-0.39, 0.29) is 89.2 Å². The Labute approximate surface area is 425 Å². The number of hydrogen-bond acceptors (Lipinski definition) is 14. The van der Waals surface area contributed by atoms with Crippen LogP contribution in [0, 0.1) is 24.0 Å². The third-order valence-electron chi connectivity index (χ3n) is 15.7. The predicted molar refractivity (Wildman–Crippen MR) is 268 cm³/mol. The molecule has 17 nitrogen and oxygen atoms in total. The van der Waals surface area contributed by atoms with Gasteiger partial charge in [-0.1, -0.05) is 49.1 Å². The molecule has 0 spiro atoms. The molecular formula is C55H55F2N9O8. The minimum Gasteiger partial charge on any atom is -0.508 e. The summed E-state index contributed by atoms with van der Waals surface area (Å²) in [7, 11) is 0. The van der Waals surface area contributed by atoms with Gasteiger partial charge in [-0.25, -0.2) is 13.6 Å². The van der Waals surface area contributed by atoms with Gasteiger partial charge < -0.3 is 30.1 Å². The number of aromatic nitrogens is 3. The van der Waals surface area contributed by atoms with Gasteiger partial charge in [0.2, 0.25) is 11.8 Å². The number of phenolic OH excluding ortho intramolecular Hbond substituents is 1. The Kier molecular flexibility index (Phi) is 13.0. The highest BCUT2D eigenvalue weighted by atomic mass is 19.1. The zero-order chi connectivity index (χ0) is 51.4. The molecule has 0 radical (unpaired) electrons. The molecule has 5 aromatic rings. The van der Waals surface area contributed by atoms with E-state index in [2.05, 4.69) is 48.2 Å². The minimum atomic E-state index is -1.02. The molecule has 2 bridgehead atoms. The number of unbranched alkanes of at least 4 members (excludes halogenated alkanes) is 3. The number of benzene rings is 3. The number of anilines is 1. The van der Waals surface area contributed by atoms with E-state index in [0.29, 0.717) is 67.6 Å². The molecular weight excluding hydrogens is 953 g/mol. The van der Waals surface area contributed by atoms with Crippen molar-refractivity contribution in [3.63, 3.8) is 0 Å². The second-order valence-corrected chi connectivity index (χ2v) is 20.5. The van der Waals surface area contributed by atoms with Gasteiger partial charge in [-0.05, 0) is 93.0 Å². The molecule has 5 fully saturated rings. The summed E-state index contributed by atoms with van der Waals surface area (Å²) in [6.45, 7) is 6.90. The number of pyridine rings is 1. The maximum absolute atomic E-state index is 17.2. The zero-order valence-electron chi connectivity index (χ0n) is 40.7. The van der Waals surface area contributed by atoms with Crippen LogP contribution in [0.3, 0.4) is 0 Å². The van der Waals surface area contributed by atoms with Crippen molar-refractivity contribution in [2.75, 3.05) is 44.3 Å². The van der Waals surface area contributed by atoms with Crippen LogP contribution in [0.1, 0.15) is 102 Å².